The second-order valence-electron chi connectivity index (χ2n) is 12.4. The maximum absolute atomic E-state index is 6.59. The first-order chi connectivity index (χ1) is 24.3. The zero-order valence-electron chi connectivity index (χ0n) is 26.4. The lowest BCUT2D eigenvalue weighted by Gasteiger charge is -2.28. The zero-order valence-corrected chi connectivity index (χ0v) is 26.4. The lowest BCUT2D eigenvalue weighted by atomic mass is 9.98. The first-order valence-electron chi connectivity index (χ1n) is 16.5. The summed E-state index contributed by atoms with van der Waals surface area (Å²) in [5.74, 6) is 0.584. The van der Waals surface area contributed by atoms with Crippen molar-refractivity contribution >= 4 is 71.6 Å². The molecule has 0 aliphatic carbocycles. The van der Waals surface area contributed by atoms with Crippen molar-refractivity contribution in [2.24, 2.45) is 0 Å². The largest absolute Gasteiger partial charge is 0.456 e. The molecule has 10 rings (SSSR count). The van der Waals surface area contributed by atoms with E-state index in [0.29, 0.717) is 5.89 Å². The molecular formula is C45H28N2O2. The van der Waals surface area contributed by atoms with Gasteiger partial charge in [-0.2, -0.15) is 0 Å². The number of benzene rings is 8. The standard InChI is InChI=1S/C45H28N2O2/c1-3-12-31-26-33(21-20-29(31)10-1)36-14-5-7-17-40(36)47(34-23-22-30-11-2-4-13-32(30)27-34)35-24-25-37-43(28-35)48-42-19-9-15-38(44(37)42)45-46-39-16-6-8-18-41(39)49-45/h1-28H. The van der Waals surface area contributed by atoms with Crippen molar-refractivity contribution in [1.29, 1.82) is 0 Å². The van der Waals surface area contributed by atoms with Crippen LogP contribution in [0.1, 0.15) is 0 Å². The monoisotopic (exact) mass is 628 g/mol. The molecule has 8 aromatic carbocycles. The summed E-state index contributed by atoms with van der Waals surface area (Å²) in [6.45, 7) is 0. The van der Waals surface area contributed by atoms with Gasteiger partial charge in [0, 0.05) is 39.3 Å². The molecule has 0 aliphatic heterocycles. The maximum Gasteiger partial charge on any atom is 0.228 e. The van der Waals surface area contributed by atoms with E-state index in [9.17, 15) is 0 Å². The van der Waals surface area contributed by atoms with Crippen LogP contribution >= 0.6 is 0 Å². The first-order valence-corrected chi connectivity index (χ1v) is 16.5. The van der Waals surface area contributed by atoms with Crippen LogP contribution in [0.2, 0.25) is 0 Å². The van der Waals surface area contributed by atoms with Crippen molar-refractivity contribution in [3.8, 4) is 22.6 Å². The van der Waals surface area contributed by atoms with Crippen molar-refractivity contribution in [2.45, 2.75) is 0 Å². The average molecular weight is 629 g/mol. The van der Waals surface area contributed by atoms with E-state index in [-0.39, 0.29) is 0 Å². The molecule has 0 amide bonds. The van der Waals surface area contributed by atoms with Crippen LogP contribution in [0.15, 0.2) is 179 Å². The van der Waals surface area contributed by atoms with E-state index in [1.165, 1.54) is 21.5 Å². The van der Waals surface area contributed by atoms with Gasteiger partial charge in [0.15, 0.2) is 5.58 Å². The summed E-state index contributed by atoms with van der Waals surface area (Å²) in [5.41, 5.74) is 9.54. The number of hydrogen-bond donors (Lipinski definition) is 0. The second-order valence-corrected chi connectivity index (χ2v) is 12.4. The Kier molecular flexibility index (Phi) is 6.15. The van der Waals surface area contributed by atoms with E-state index in [0.717, 1.165) is 66.8 Å². The van der Waals surface area contributed by atoms with E-state index in [1.54, 1.807) is 0 Å². The number of anilines is 3. The number of furan rings is 1. The lowest BCUT2D eigenvalue weighted by Crippen LogP contribution is -2.11. The van der Waals surface area contributed by atoms with Gasteiger partial charge >= 0.3 is 0 Å². The van der Waals surface area contributed by atoms with Crippen molar-refractivity contribution in [3.05, 3.63) is 170 Å². The van der Waals surface area contributed by atoms with Crippen LogP contribution in [0.5, 0.6) is 0 Å². The Morgan fingerprint density at radius 2 is 1.08 bits per heavy atom. The smallest absolute Gasteiger partial charge is 0.228 e. The summed E-state index contributed by atoms with van der Waals surface area (Å²) in [6, 6.07) is 59.4. The number of hydrogen-bond acceptors (Lipinski definition) is 4. The molecule has 4 nitrogen and oxygen atoms in total. The number of rotatable bonds is 5. The molecule has 0 N–H and O–H groups in total. The highest BCUT2D eigenvalue weighted by molar-refractivity contribution is 6.13. The summed E-state index contributed by atoms with van der Waals surface area (Å²) in [6.07, 6.45) is 0. The normalized spacial score (nSPS) is 11.7. The highest BCUT2D eigenvalue weighted by atomic mass is 16.3. The van der Waals surface area contributed by atoms with Gasteiger partial charge in [-0.05, 0) is 87.8 Å². The van der Waals surface area contributed by atoms with Gasteiger partial charge in [-0.15, -0.1) is 0 Å². The molecule has 4 heteroatoms. The third-order valence-electron chi connectivity index (χ3n) is 9.46. The Balaban J connectivity index is 1.18. The van der Waals surface area contributed by atoms with Gasteiger partial charge in [0.1, 0.15) is 16.7 Å². The third kappa shape index (κ3) is 4.57. The number of oxazole rings is 1. The number of fused-ring (bicyclic) bond motifs is 6. The van der Waals surface area contributed by atoms with Gasteiger partial charge < -0.3 is 13.7 Å². The molecule has 0 spiro atoms. The summed E-state index contributed by atoms with van der Waals surface area (Å²) >= 11 is 0. The van der Waals surface area contributed by atoms with Crippen molar-refractivity contribution in [1.82, 2.24) is 4.98 Å². The van der Waals surface area contributed by atoms with Crippen molar-refractivity contribution in [2.75, 3.05) is 4.90 Å². The van der Waals surface area contributed by atoms with Crippen LogP contribution in [-0.4, -0.2) is 4.98 Å². The molecule has 10 aromatic rings. The molecule has 0 atom stereocenters. The molecular weight excluding hydrogens is 601 g/mol. The Labute approximate surface area is 282 Å². The van der Waals surface area contributed by atoms with Crippen LogP contribution in [0.3, 0.4) is 0 Å². The topological polar surface area (TPSA) is 42.4 Å². The van der Waals surface area contributed by atoms with Gasteiger partial charge in [0.2, 0.25) is 5.89 Å². The van der Waals surface area contributed by atoms with Crippen molar-refractivity contribution < 1.29 is 8.83 Å². The first kappa shape index (κ1) is 27.5. The molecule has 0 aliphatic rings. The van der Waals surface area contributed by atoms with Gasteiger partial charge in [0.05, 0.1) is 5.69 Å². The fourth-order valence-electron chi connectivity index (χ4n) is 7.13. The molecule has 2 aromatic heterocycles. The quantitative estimate of drug-likeness (QED) is 0.190. The van der Waals surface area contributed by atoms with Crippen molar-refractivity contribution in [3.63, 3.8) is 0 Å². The van der Waals surface area contributed by atoms with Crippen LogP contribution in [0.4, 0.5) is 17.1 Å². The molecule has 0 unspecified atom stereocenters. The summed E-state index contributed by atoms with van der Waals surface area (Å²) in [5, 5.41) is 6.82. The zero-order chi connectivity index (χ0) is 32.3. The van der Waals surface area contributed by atoms with Crippen LogP contribution < -0.4 is 4.90 Å². The Morgan fingerprint density at radius 1 is 0.429 bits per heavy atom. The van der Waals surface area contributed by atoms with Gasteiger partial charge in [-0.1, -0.05) is 103 Å². The average Bonchev–Trinajstić information content (AvgIpc) is 3.76. The Morgan fingerprint density at radius 3 is 1.94 bits per heavy atom. The minimum absolute atomic E-state index is 0.584. The van der Waals surface area contributed by atoms with E-state index in [1.807, 2.05) is 36.4 Å². The van der Waals surface area contributed by atoms with E-state index >= 15 is 0 Å². The molecule has 0 saturated heterocycles. The molecule has 0 fully saturated rings. The Hall–Kier alpha value is -6.65. The minimum Gasteiger partial charge on any atom is -0.456 e. The fourth-order valence-corrected chi connectivity index (χ4v) is 7.13. The van der Waals surface area contributed by atoms with Gasteiger partial charge in [0.25, 0.3) is 0 Å². The predicted molar refractivity (Wildman–Crippen MR) is 202 cm³/mol. The predicted octanol–water partition coefficient (Wildman–Crippen LogP) is 12.8. The molecule has 2 heterocycles. The summed E-state index contributed by atoms with van der Waals surface area (Å²) in [4.78, 5) is 7.15. The summed E-state index contributed by atoms with van der Waals surface area (Å²) in [7, 11) is 0. The number of nitrogens with zero attached hydrogens (tertiary/aromatic N) is 2. The van der Waals surface area contributed by atoms with Crippen LogP contribution in [0.25, 0.3) is 77.2 Å². The SMILES string of the molecule is c1ccc(N(c2ccc3ccccc3c2)c2ccc3c(c2)oc2cccc(-c4nc5ccccc5o4)c23)c(-c2ccc3ccccc3c2)c1. The maximum atomic E-state index is 6.59. The number of para-hydroxylation sites is 3. The molecule has 230 valence electrons. The van der Waals surface area contributed by atoms with E-state index < -0.39 is 0 Å². The highest BCUT2D eigenvalue weighted by Gasteiger charge is 2.21. The molecule has 0 bridgehead atoms. The fraction of sp³-hybridized carbons (Fsp3) is 0. The highest BCUT2D eigenvalue weighted by Crippen LogP contribution is 2.45. The lowest BCUT2D eigenvalue weighted by molar-refractivity contribution is 0.620. The van der Waals surface area contributed by atoms with Gasteiger partial charge in [-0.3, -0.25) is 0 Å². The Bertz CT molecular complexity index is 2830. The van der Waals surface area contributed by atoms with Crippen LogP contribution in [-0.2, 0) is 0 Å². The second kappa shape index (κ2) is 11.0. The summed E-state index contributed by atoms with van der Waals surface area (Å²) < 4.78 is 12.8. The minimum atomic E-state index is 0.584. The van der Waals surface area contributed by atoms with Gasteiger partial charge in [-0.25, -0.2) is 4.98 Å². The van der Waals surface area contributed by atoms with E-state index in [4.69, 9.17) is 13.8 Å². The molecule has 0 radical (unpaired) electrons. The number of aromatic nitrogens is 1. The van der Waals surface area contributed by atoms with E-state index in [2.05, 4.69) is 138 Å². The molecule has 49 heavy (non-hydrogen) atoms. The van der Waals surface area contributed by atoms with Crippen LogP contribution in [0, 0.1) is 0 Å². The third-order valence-corrected chi connectivity index (χ3v) is 9.46. The molecule has 0 saturated carbocycles.